The average molecular weight is 202 g/mol. The highest BCUT2D eigenvalue weighted by molar-refractivity contribution is 5.32. The van der Waals surface area contributed by atoms with Crippen LogP contribution in [0.3, 0.4) is 0 Å². The molecule has 0 atom stereocenters. The molecule has 0 radical (unpaired) electrons. The van der Waals surface area contributed by atoms with E-state index in [1.165, 1.54) is 0 Å². The topological polar surface area (TPSA) is 56.0 Å². The number of nitrogens with zero attached hydrogens (tertiary/aromatic N) is 1. The van der Waals surface area contributed by atoms with Crippen LogP contribution < -0.4 is 5.32 Å². The molecule has 15 heavy (non-hydrogen) atoms. The predicted octanol–water partition coefficient (Wildman–Crippen LogP) is 1.17. The molecule has 78 valence electrons. The highest BCUT2D eigenvalue weighted by atomic mass is 16.3. The molecule has 0 heterocycles. The second-order valence-electron chi connectivity index (χ2n) is 4.02. The van der Waals surface area contributed by atoms with Gasteiger partial charge in [-0.25, -0.2) is 0 Å². The second kappa shape index (κ2) is 4.43. The van der Waals surface area contributed by atoms with Crippen molar-refractivity contribution in [2.45, 2.75) is 31.5 Å². The number of aliphatic hydroxyl groups is 1. The quantitative estimate of drug-likeness (QED) is 0.773. The number of nitriles is 1. The zero-order chi connectivity index (χ0) is 10.7. The van der Waals surface area contributed by atoms with Gasteiger partial charge in [-0.2, -0.15) is 5.26 Å². The summed E-state index contributed by atoms with van der Waals surface area (Å²) in [4.78, 5) is 0. The fraction of sp³-hybridized carbons (Fsp3) is 0.417. The molecule has 0 aliphatic heterocycles. The van der Waals surface area contributed by atoms with Gasteiger partial charge in [0.25, 0.3) is 0 Å². The maximum absolute atomic E-state index is 9.11. The summed E-state index contributed by atoms with van der Waals surface area (Å²) in [5.41, 5.74) is 1.82. The summed E-state index contributed by atoms with van der Waals surface area (Å²) < 4.78 is 0. The van der Waals surface area contributed by atoms with Crippen LogP contribution in [-0.2, 0) is 6.54 Å². The molecule has 1 aliphatic rings. The van der Waals surface area contributed by atoms with Crippen molar-refractivity contribution < 1.29 is 5.11 Å². The highest BCUT2D eigenvalue weighted by Crippen LogP contribution is 2.19. The van der Waals surface area contributed by atoms with Crippen LogP contribution in [0, 0.1) is 11.3 Å². The first-order chi connectivity index (χ1) is 7.28. The van der Waals surface area contributed by atoms with E-state index in [2.05, 4.69) is 11.4 Å². The average Bonchev–Trinajstić information content (AvgIpc) is 2.23. The van der Waals surface area contributed by atoms with Crippen molar-refractivity contribution >= 4 is 0 Å². The maximum Gasteiger partial charge on any atom is 0.0991 e. The highest BCUT2D eigenvalue weighted by Gasteiger charge is 2.26. The van der Waals surface area contributed by atoms with Crippen LogP contribution in [-0.4, -0.2) is 17.3 Å². The Labute approximate surface area is 89.4 Å². The maximum atomic E-state index is 9.11. The Hall–Kier alpha value is -1.37. The molecule has 0 unspecified atom stereocenters. The van der Waals surface area contributed by atoms with Crippen molar-refractivity contribution in [1.82, 2.24) is 5.32 Å². The molecule has 1 fully saturated rings. The second-order valence-corrected chi connectivity index (χ2v) is 4.02. The van der Waals surface area contributed by atoms with Crippen LogP contribution in [0.25, 0.3) is 0 Å². The third kappa shape index (κ3) is 2.56. The van der Waals surface area contributed by atoms with Crippen molar-refractivity contribution in [2.24, 2.45) is 0 Å². The van der Waals surface area contributed by atoms with E-state index in [0.29, 0.717) is 11.6 Å². The van der Waals surface area contributed by atoms with Gasteiger partial charge >= 0.3 is 0 Å². The summed E-state index contributed by atoms with van der Waals surface area (Å²) in [6.45, 7) is 0.771. The fourth-order valence-corrected chi connectivity index (χ4v) is 1.77. The first-order valence-corrected chi connectivity index (χ1v) is 5.18. The molecular weight excluding hydrogens is 188 g/mol. The van der Waals surface area contributed by atoms with Gasteiger partial charge in [-0.05, 0) is 30.5 Å². The van der Waals surface area contributed by atoms with Gasteiger partial charge in [0.1, 0.15) is 0 Å². The van der Waals surface area contributed by atoms with Crippen molar-refractivity contribution in [3.05, 3.63) is 35.4 Å². The molecule has 3 nitrogen and oxygen atoms in total. The van der Waals surface area contributed by atoms with Gasteiger partial charge < -0.3 is 10.4 Å². The van der Waals surface area contributed by atoms with E-state index in [1.54, 1.807) is 6.07 Å². The fourth-order valence-electron chi connectivity index (χ4n) is 1.77. The van der Waals surface area contributed by atoms with E-state index < -0.39 is 0 Å². The summed E-state index contributed by atoms with van der Waals surface area (Å²) in [7, 11) is 0. The Balaban J connectivity index is 1.86. The van der Waals surface area contributed by atoms with Gasteiger partial charge in [-0.3, -0.25) is 0 Å². The van der Waals surface area contributed by atoms with E-state index in [1.807, 2.05) is 18.2 Å². The van der Waals surface area contributed by atoms with E-state index in [4.69, 9.17) is 10.4 Å². The summed E-state index contributed by atoms with van der Waals surface area (Å²) in [6.07, 6.45) is 1.57. The monoisotopic (exact) mass is 202 g/mol. The lowest BCUT2D eigenvalue weighted by molar-refractivity contribution is 0.0619. The minimum Gasteiger partial charge on any atom is -0.393 e. The zero-order valence-electron chi connectivity index (χ0n) is 8.48. The van der Waals surface area contributed by atoms with E-state index in [-0.39, 0.29) is 6.10 Å². The molecule has 0 bridgehead atoms. The normalized spacial score (nSPS) is 24.3. The van der Waals surface area contributed by atoms with Crippen LogP contribution >= 0.6 is 0 Å². The van der Waals surface area contributed by atoms with Crippen molar-refractivity contribution in [3.63, 3.8) is 0 Å². The molecule has 2 rings (SSSR count). The van der Waals surface area contributed by atoms with Gasteiger partial charge in [0.2, 0.25) is 0 Å². The van der Waals surface area contributed by atoms with Gasteiger partial charge in [-0.15, -0.1) is 0 Å². The molecule has 1 aliphatic carbocycles. The first-order valence-electron chi connectivity index (χ1n) is 5.18. The standard InChI is InChI=1S/C12H14N2O/c13-7-9-2-1-3-10(4-9)8-14-11-5-12(15)6-11/h1-4,11-12,14-15H,5-6,8H2. The summed E-state index contributed by atoms with van der Waals surface area (Å²) >= 11 is 0. The number of hydrogen-bond donors (Lipinski definition) is 2. The number of rotatable bonds is 3. The molecule has 2 N–H and O–H groups in total. The lowest BCUT2D eigenvalue weighted by atomic mass is 9.89. The summed E-state index contributed by atoms with van der Waals surface area (Å²) in [6, 6.07) is 10.1. The lowest BCUT2D eigenvalue weighted by Crippen LogP contribution is -2.43. The smallest absolute Gasteiger partial charge is 0.0991 e. The van der Waals surface area contributed by atoms with Crippen LogP contribution in [0.2, 0.25) is 0 Å². The van der Waals surface area contributed by atoms with Crippen LogP contribution in [0.4, 0.5) is 0 Å². The molecule has 0 saturated heterocycles. The van der Waals surface area contributed by atoms with Gasteiger partial charge in [0.15, 0.2) is 0 Å². The Bertz CT molecular complexity index is 377. The Kier molecular flexibility index (Phi) is 3.00. The number of benzene rings is 1. The summed E-state index contributed by atoms with van der Waals surface area (Å²) in [5, 5.41) is 21.2. The SMILES string of the molecule is N#Cc1cccc(CNC2CC(O)C2)c1. The van der Waals surface area contributed by atoms with Crippen molar-refractivity contribution in [2.75, 3.05) is 0 Å². The molecule has 3 heteroatoms. The summed E-state index contributed by atoms with van der Waals surface area (Å²) in [5.74, 6) is 0. The minimum absolute atomic E-state index is 0.118. The van der Waals surface area contributed by atoms with Crippen LogP contribution in [0.5, 0.6) is 0 Å². The van der Waals surface area contributed by atoms with E-state index in [0.717, 1.165) is 24.9 Å². The van der Waals surface area contributed by atoms with Gasteiger partial charge in [0.05, 0.1) is 17.7 Å². The first kappa shape index (κ1) is 10.2. The Morgan fingerprint density at radius 2 is 2.27 bits per heavy atom. The molecule has 0 aromatic heterocycles. The molecule has 1 aromatic rings. The molecule has 0 amide bonds. The Morgan fingerprint density at radius 3 is 2.93 bits per heavy atom. The molecular formula is C12H14N2O. The third-order valence-corrected chi connectivity index (χ3v) is 2.76. The van der Waals surface area contributed by atoms with Crippen LogP contribution in [0.1, 0.15) is 24.0 Å². The molecule has 1 aromatic carbocycles. The third-order valence-electron chi connectivity index (χ3n) is 2.76. The zero-order valence-corrected chi connectivity index (χ0v) is 8.48. The van der Waals surface area contributed by atoms with Gasteiger partial charge in [0, 0.05) is 12.6 Å². The number of nitrogens with one attached hydrogen (secondary N) is 1. The number of aliphatic hydroxyl groups excluding tert-OH is 1. The number of hydrogen-bond acceptors (Lipinski definition) is 3. The molecule has 1 saturated carbocycles. The minimum atomic E-state index is -0.118. The van der Waals surface area contributed by atoms with E-state index >= 15 is 0 Å². The predicted molar refractivity (Wildman–Crippen MR) is 57.0 cm³/mol. The van der Waals surface area contributed by atoms with Crippen LogP contribution in [0.15, 0.2) is 24.3 Å². The van der Waals surface area contributed by atoms with Crippen molar-refractivity contribution in [1.29, 1.82) is 5.26 Å². The van der Waals surface area contributed by atoms with Crippen molar-refractivity contribution in [3.8, 4) is 6.07 Å². The van der Waals surface area contributed by atoms with Gasteiger partial charge in [-0.1, -0.05) is 12.1 Å². The van der Waals surface area contributed by atoms with E-state index in [9.17, 15) is 0 Å². The molecule has 0 spiro atoms. The lowest BCUT2D eigenvalue weighted by Gasteiger charge is -2.32. The largest absolute Gasteiger partial charge is 0.393 e. The Morgan fingerprint density at radius 1 is 1.47 bits per heavy atom.